The first kappa shape index (κ1) is 15.8. The summed E-state index contributed by atoms with van der Waals surface area (Å²) in [7, 11) is 1.39. The molecule has 0 saturated carbocycles. The van der Waals surface area contributed by atoms with Crippen LogP contribution in [0.25, 0.3) is 17.2 Å². The van der Waals surface area contributed by atoms with E-state index in [1.807, 2.05) is 37.3 Å². The number of hydrogen-bond acceptors (Lipinski definition) is 2. The van der Waals surface area contributed by atoms with Crippen LogP contribution < -0.4 is 0 Å². The summed E-state index contributed by atoms with van der Waals surface area (Å²) in [5.41, 5.74) is 4.44. The molecule has 0 amide bonds. The molecule has 0 fully saturated rings. The van der Waals surface area contributed by atoms with Gasteiger partial charge in [-0.15, -0.1) is 0 Å². The molecule has 0 aliphatic rings. The molecule has 0 heterocycles. The molecule has 0 N–H and O–H groups in total. The molecule has 0 bridgehead atoms. The summed E-state index contributed by atoms with van der Waals surface area (Å²) in [6.07, 6.45) is 6.27. The lowest BCUT2D eigenvalue weighted by Crippen LogP contribution is -1.95. The van der Waals surface area contributed by atoms with Crippen molar-refractivity contribution in [3.05, 3.63) is 77.9 Å². The van der Waals surface area contributed by atoms with E-state index in [0.717, 1.165) is 17.6 Å². The van der Waals surface area contributed by atoms with E-state index in [0.29, 0.717) is 0 Å². The maximum absolute atomic E-state index is 11.3. The quantitative estimate of drug-likeness (QED) is 0.446. The summed E-state index contributed by atoms with van der Waals surface area (Å²) in [5.74, 6) is -0.319. The third kappa shape index (κ3) is 4.45. The molecule has 2 aromatic carbocycles. The van der Waals surface area contributed by atoms with Crippen LogP contribution in [-0.2, 0) is 9.53 Å². The van der Waals surface area contributed by atoms with Crippen molar-refractivity contribution < 1.29 is 9.53 Å². The van der Waals surface area contributed by atoms with Crippen LogP contribution in [0.3, 0.4) is 0 Å². The zero-order valence-electron chi connectivity index (χ0n) is 13.0. The number of allylic oxidation sites excluding steroid dienone is 2. The van der Waals surface area contributed by atoms with Gasteiger partial charge in [0.05, 0.1) is 7.11 Å². The monoisotopic (exact) mass is 292 g/mol. The van der Waals surface area contributed by atoms with Crippen molar-refractivity contribution in [3.63, 3.8) is 0 Å². The van der Waals surface area contributed by atoms with Gasteiger partial charge in [-0.2, -0.15) is 0 Å². The Morgan fingerprint density at radius 1 is 1.00 bits per heavy atom. The number of carbonyl (C=O) groups is 1. The zero-order chi connectivity index (χ0) is 15.8. The number of methoxy groups -OCH3 is 1. The maximum atomic E-state index is 11.3. The van der Waals surface area contributed by atoms with Crippen molar-refractivity contribution in [2.24, 2.45) is 0 Å². The second-order valence-corrected chi connectivity index (χ2v) is 4.92. The zero-order valence-corrected chi connectivity index (χ0v) is 13.0. The van der Waals surface area contributed by atoms with Gasteiger partial charge in [-0.05, 0) is 28.7 Å². The Morgan fingerprint density at radius 2 is 1.64 bits per heavy atom. The Bertz CT molecular complexity index is 665. The number of benzene rings is 2. The summed E-state index contributed by atoms with van der Waals surface area (Å²) in [6.45, 7) is 2.01. The largest absolute Gasteiger partial charge is 0.466 e. The van der Waals surface area contributed by atoms with E-state index in [1.54, 1.807) is 0 Å². The molecular formula is C20H20O2. The van der Waals surface area contributed by atoms with Gasteiger partial charge in [0.1, 0.15) is 0 Å². The van der Waals surface area contributed by atoms with Gasteiger partial charge in [0.25, 0.3) is 0 Å². The Morgan fingerprint density at radius 3 is 2.23 bits per heavy atom. The van der Waals surface area contributed by atoms with E-state index in [1.165, 1.54) is 24.3 Å². The van der Waals surface area contributed by atoms with Crippen LogP contribution >= 0.6 is 0 Å². The van der Waals surface area contributed by atoms with Crippen molar-refractivity contribution in [2.45, 2.75) is 13.3 Å². The second kappa shape index (κ2) is 7.99. The van der Waals surface area contributed by atoms with Crippen molar-refractivity contribution in [2.75, 3.05) is 7.11 Å². The molecule has 2 rings (SSSR count). The van der Waals surface area contributed by atoms with Crippen LogP contribution in [0.2, 0.25) is 0 Å². The van der Waals surface area contributed by atoms with Gasteiger partial charge in [0.2, 0.25) is 0 Å². The fraction of sp³-hybridized carbons (Fsp3) is 0.150. The Balaban J connectivity index is 2.12. The normalized spacial score (nSPS) is 11.6. The highest BCUT2D eigenvalue weighted by atomic mass is 16.5. The first-order chi connectivity index (χ1) is 10.7. The number of carbonyl (C=O) groups excluding carboxylic acids is 1. The van der Waals surface area contributed by atoms with Gasteiger partial charge in [-0.3, -0.25) is 0 Å². The molecule has 0 unspecified atom stereocenters. The van der Waals surface area contributed by atoms with E-state index in [9.17, 15) is 4.79 Å². The Hall–Kier alpha value is -2.61. The fourth-order valence-electron chi connectivity index (χ4n) is 2.10. The predicted molar refractivity (Wildman–Crippen MR) is 91.3 cm³/mol. The van der Waals surface area contributed by atoms with Crippen molar-refractivity contribution in [3.8, 4) is 11.1 Å². The molecule has 112 valence electrons. The first-order valence-corrected chi connectivity index (χ1v) is 7.35. The maximum Gasteiger partial charge on any atom is 0.330 e. The molecule has 0 radical (unpaired) electrons. The summed E-state index contributed by atoms with van der Waals surface area (Å²) in [5, 5.41) is 0. The van der Waals surface area contributed by atoms with Gasteiger partial charge in [0.15, 0.2) is 0 Å². The van der Waals surface area contributed by atoms with Crippen LogP contribution in [0, 0.1) is 0 Å². The lowest BCUT2D eigenvalue weighted by atomic mass is 10.0. The Labute approximate surface area is 131 Å². The summed E-state index contributed by atoms with van der Waals surface area (Å²) >= 11 is 0. The van der Waals surface area contributed by atoms with E-state index in [-0.39, 0.29) is 5.97 Å². The number of rotatable bonds is 5. The lowest BCUT2D eigenvalue weighted by molar-refractivity contribution is -0.134. The summed E-state index contributed by atoms with van der Waals surface area (Å²) in [6, 6.07) is 18.6. The topological polar surface area (TPSA) is 26.3 Å². The molecule has 0 spiro atoms. The smallest absolute Gasteiger partial charge is 0.330 e. The summed E-state index contributed by atoms with van der Waals surface area (Å²) in [4.78, 5) is 11.3. The average molecular weight is 292 g/mol. The van der Waals surface area contributed by atoms with Crippen LogP contribution in [0.1, 0.15) is 18.9 Å². The molecular weight excluding hydrogens is 272 g/mol. The average Bonchev–Trinajstić information content (AvgIpc) is 2.59. The minimum Gasteiger partial charge on any atom is -0.466 e. The third-order valence-electron chi connectivity index (χ3n) is 3.42. The van der Waals surface area contributed by atoms with E-state index in [4.69, 9.17) is 0 Å². The predicted octanol–water partition coefficient (Wildman–Crippen LogP) is 4.88. The van der Waals surface area contributed by atoms with Gasteiger partial charge in [-0.1, -0.05) is 73.7 Å². The highest BCUT2D eigenvalue weighted by Gasteiger charge is 1.98. The van der Waals surface area contributed by atoms with Crippen molar-refractivity contribution in [1.29, 1.82) is 0 Å². The number of hydrogen-bond donors (Lipinski definition) is 0. The third-order valence-corrected chi connectivity index (χ3v) is 3.42. The van der Waals surface area contributed by atoms with Crippen LogP contribution in [0.15, 0.2) is 72.3 Å². The SMILES string of the molecule is CCC(/C=C/c1ccc(-c2ccccc2)cc1)=C\C(=O)OC. The minimum atomic E-state index is -0.319. The first-order valence-electron chi connectivity index (χ1n) is 7.35. The van der Waals surface area contributed by atoms with E-state index in [2.05, 4.69) is 41.1 Å². The lowest BCUT2D eigenvalue weighted by Gasteiger charge is -2.02. The molecule has 2 aromatic rings. The highest BCUT2D eigenvalue weighted by Crippen LogP contribution is 2.20. The number of esters is 1. The van der Waals surface area contributed by atoms with Crippen LogP contribution in [0.5, 0.6) is 0 Å². The van der Waals surface area contributed by atoms with E-state index < -0.39 is 0 Å². The molecule has 2 heteroatoms. The van der Waals surface area contributed by atoms with Crippen molar-refractivity contribution >= 4 is 12.0 Å². The van der Waals surface area contributed by atoms with E-state index >= 15 is 0 Å². The molecule has 0 saturated heterocycles. The fourth-order valence-corrected chi connectivity index (χ4v) is 2.10. The van der Waals surface area contributed by atoms with Gasteiger partial charge >= 0.3 is 5.97 Å². The standard InChI is InChI=1S/C20H20O2/c1-3-16(15-20(21)22-2)9-10-17-11-13-19(14-12-17)18-7-5-4-6-8-18/h4-15H,3H2,1-2H3/b10-9+,16-15+. The molecule has 0 aliphatic carbocycles. The molecule has 0 aliphatic heterocycles. The van der Waals surface area contributed by atoms with Gasteiger partial charge < -0.3 is 4.74 Å². The van der Waals surface area contributed by atoms with Crippen molar-refractivity contribution in [1.82, 2.24) is 0 Å². The highest BCUT2D eigenvalue weighted by molar-refractivity contribution is 5.83. The minimum absolute atomic E-state index is 0.319. The second-order valence-electron chi connectivity index (χ2n) is 4.92. The molecule has 22 heavy (non-hydrogen) atoms. The van der Waals surface area contributed by atoms with Crippen LogP contribution in [0.4, 0.5) is 0 Å². The summed E-state index contributed by atoms with van der Waals surface area (Å²) < 4.78 is 4.65. The molecule has 0 aromatic heterocycles. The van der Waals surface area contributed by atoms with Gasteiger partial charge in [-0.25, -0.2) is 4.79 Å². The number of ether oxygens (including phenoxy) is 1. The Kier molecular flexibility index (Phi) is 5.73. The molecule has 2 nitrogen and oxygen atoms in total. The van der Waals surface area contributed by atoms with Gasteiger partial charge in [0, 0.05) is 6.08 Å². The van der Waals surface area contributed by atoms with Crippen LogP contribution in [-0.4, -0.2) is 13.1 Å². The molecule has 0 atom stereocenters.